The number of likely N-dealkylation sites (tertiary alicyclic amines) is 1. The molecule has 0 saturated carbocycles. The average Bonchev–Trinajstić information content (AvgIpc) is 2.42. The van der Waals surface area contributed by atoms with Gasteiger partial charge in [0.05, 0.1) is 4.92 Å². The van der Waals surface area contributed by atoms with Crippen molar-refractivity contribution in [2.75, 3.05) is 13.1 Å². The van der Waals surface area contributed by atoms with Crippen molar-refractivity contribution in [1.82, 2.24) is 4.90 Å². The Morgan fingerprint density at radius 3 is 2.67 bits per heavy atom. The molecule has 1 fully saturated rings. The molecule has 0 unspecified atom stereocenters. The first-order valence-corrected chi connectivity index (χ1v) is 7.14. The lowest BCUT2D eigenvalue weighted by molar-refractivity contribution is -0.385. The normalized spacial score (nSPS) is 16.8. The van der Waals surface area contributed by atoms with E-state index in [4.69, 9.17) is 5.11 Å². The topological polar surface area (TPSA) is 83.7 Å². The fraction of sp³-hybridized carbons (Fsp3) is 0.533. The van der Waals surface area contributed by atoms with Crippen LogP contribution in [-0.4, -0.2) is 34.0 Å². The highest BCUT2D eigenvalue weighted by molar-refractivity contribution is 5.67. The molecule has 1 aromatic carbocycles. The van der Waals surface area contributed by atoms with Crippen LogP contribution >= 0.6 is 0 Å². The molecule has 0 radical (unpaired) electrons. The minimum atomic E-state index is -0.733. The summed E-state index contributed by atoms with van der Waals surface area (Å²) in [6, 6.07) is 5.17. The van der Waals surface area contributed by atoms with E-state index in [2.05, 4.69) is 4.90 Å². The molecular weight excluding hydrogens is 272 g/mol. The van der Waals surface area contributed by atoms with Crippen LogP contribution in [0, 0.1) is 23.0 Å². The lowest BCUT2D eigenvalue weighted by Crippen LogP contribution is -2.34. The smallest absolute Gasteiger partial charge is 0.303 e. The van der Waals surface area contributed by atoms with E-state index in [0.29, 0.717) is 6.54 Å². The highest BCUT2D eigenvalue weighted by Gasteiger charge is 2.22. The van der Waals surface area contributed by atoms with E-state index < -0.39 is 5.97 Å². The standard InChI is InChI=1S/C15H20N2O4/c1-11-13(3-2-4-14(11)17(20)21)10-16-7-5-12(6-8-16)9-15(18)19/h2-4,12H,5-10H2,1H3,(H,18,19). The lowest BCUT2D eigenvalue weighted by Gasteiger charge is -2.31. The molecule has 21 heavy (non-hydrogen) atoms. The molecule has 1 aliphatic heterocycles. The van der Waals surface area contributed by atoms with Crippen molar-refractivity contribution in [2.45, 2.75) is 32.7 Å². The van der Waals surface area contributed by atoms with Crippen LogP contribution in [0.4, 0.5) is 5.69 Å². The zero-order chi connectivity index (χ0) is 15.4. The second kappa shape index (κ2) is 6.67. The lowest BCUT2D eigenvalue weighted by atomic mass is 9.93. The number of hydrogen-bond donors (Lipinski definition) is 1. The number of carbonyl (C=O) groups is 1. The van der Waals surface area contributed by atoms with Crippen LogP contribution in [0.25, 0.3) is 0 Å². The van der Waals surface area contributed by atoms with Crippen LogP contribution in [0.5, 0.6) is 0 Å². The number of aliphatic carboxylic acids is 1. The van der Waals surface area contributed by atoms with Crippen LogP contribution in [-0.2, 0) is 11.3 Å². The summed E-state index contributed by atoms with van der Waals surface area (Å²) in [6.45, 7) is 4.16. The summed E-state index contributed by atoms with van der Waals surface area (Å²) in [5, 5.41) is 19.8. The van der Waals surface area contributed by atoms with Crippen LogP contribution in [0.15, 0.2) is 18.2 Å². The van der Waals surface area contributed by atoms with Crippen molar-refractivity contribution in [1.29, 1.82) is 0 Å². The number of hydrogen-bond acceptors (Lipinski definition) is 4. The molecule has 1 N–H and O–H groups in total. The molecule has 0 atom stereocenters. The number of piperidine rings is 1. The maximum atomic E-state index is 10.9. The minimum absolute atomic E-state index is 0.160. The molecule has 1 aromatic rings. The fourth-order valence-electron chi connectivity index (χ4n) is 2.88. The molecule has 1 aliphatic rings. The van der Waals surface area contributed by atoms with Crippen molar-refractivity contribution >= 4 is 11.7 Å². The largest absolute Gasteiger partial charge is 0.481 e. The number of nitrogens with zero attached hydrogens (tertiary/aromatic N) is 2. The molecule has 0 aliphatic carbocycles. The summed E-state index contributed by atoms with van der Waals surface area (Å²) < 4.78 is 0. The van der Waals surface area contributed by atoms with Crippen molar-refractivity contribution in [3.63, 3.8) is 0 Å². The maximum absolute atomic E-state index is 10.9. The Kier molecular flexibility index (Phi) is 4.90. The number of nitro benzene ring substituents is 1. The van der Waals surface area contributed by atoms with Gasteiger partial charge >= 0.3 is 5.97 Å². The van der Waals surface area contributed by atoms with Crippen molar-refractivity contribution in [2.24, 2.45) is 5.92 Å². The summed E-state index contributed by atoms with van der Waals surface area (Å²) >= 11 is 0. The number of rotatable bonds is 5. The summed E-state index contributed by atoms with van der Waals surface area (Å²) in [5.41, 5.74) is 1.85. The number of carboxylic acids is 1. The van der Waals surface area contributed by atoms with E-state index in [1.807, 2.05) is 6.07 Å². The Morgan fingerprint density at radius 1 is 1.43 bits per heavy atom. The molecule has 6 nitrogen and oxygen atoms in total. The molecule has 2 rings (SSSR count). The van der Waals surface area contributed by atoms with E-state index in [9.17, 15) is 14.9 Å². The molecule has 114 valence electrons. The van der Waals surface area contributed by atoms with E-state index in [1.54, 1.807) is 13.0 Å². The van der Waals surface area contributed by atoms with Crippen molar-refractivity contribution < 1.29 is 14.8 Å². The van der Waals surface area contributed by atoms with E-state index in [0.717, 1.165) is 37.1 Å². The number of carboxylic acid groups (broad SMARTS) is 1. The summed E-state index contributed by atoms with van der Waals surface area (Å²) in [6.07, 6.45) is 1.99. The van der Waals surface area contributed by atoms with Gasteiger partial charge < -0.3 is 5.11 Å². The minimum Gasteiger partial charge on any atom is -0.481 e. The highest BCUT2D eigenvalue weighted by Crippen LogP contribution is 2.25. The van der Waals surface area contributed by atoms with Gasteiger partial charge in [-0.05, 0) is 44.3 Å². The van der Waals surface area contributed by atoms with Gasteiger partial charge in [0.2, 0.25) is 0 Å². The van der Waals surface area contributed by atoms with E-state index in [-0.39, 0.29) is 22.9 Å². The Hall–Kier alpha value is -1.95. The number of benzene rings is 1. The molecule has 0 aromatic heterocycles. The Labute approximate surface area is 123 Å². The Bertz CT molecular complexity index is 536. The zero-order valence-corrected chi connectivity index (χ0v) is 12.1. The third kappa shape index (κ3) is 4.01. The molecule has 6 heteroatoms. The van der Waals surface area contributed by atoms with E-state index >= 15 is 0 Å². The van der Waals surface area contributed by atoms with Gasteiger partial charge in [0.15, 0.2) is 0 Å². The summed E-state index contributed by atoms with van der Waals surface area (Å²) in [4.78, 5) is 23.5. The van der Waals surface area contributed by atoms with Gasteiger partial charge in [0.25, 0.3) is 5.69 Å². The highest BCUT2D eigenvalue weighted by atomic mass is 16.6. The van der Waals surface area contributed by atoms with Gasteiger partial charge in [-0.15, -0.1) is 0 Å². The first-order chi connectivity index (χ1) is 9.97. The molecule has 1 heterocycles. The maximum Gasteiger partial charge on any atom is 0.303 e. The Balaban J connectivity index is 1.96. The summed E-state index contributed by atoms with van der Waals surface area (Å²) in [5.74, 6) is -0.479. The van der Waals surface area contributed by atoms with Crippen molar-refractivity contribution in [3.8, 4) is 0 Å². The quantitative estimate of drug-likeness (QED) is 0.666. The van der Waals surface area contributed by atoms with E-state index in [1.165, 1.54) is 6.07 Å². The van der Waals surface area contributed by atoms with Crippen LogP contribution in [0.2, 0.25) is 0 Å². The third-order valence-electron chi connectivity index (χ3n) is 4.18. The zero-order valence-electron chi connectivity index (χ0n) is 12.1. The Morgan fingerprint density at radius 2 is 2.10 bits per heavy atom. The van der Waals surface area contributed by atoms with Crippen LogP contribution < -0.4 is 0 Å². The van der Waals surface area contributed by atoms with Gasteiger partial charge in [-0.25, -0.2) is 0 Å². The predicted molar refractivity (Wildman–Crippen MR) is 78.1 cm³/mol. The van der Waals surface area contributed by atoms with Crippen LogP contribution in [0.1, 0.15) is 30.4 Å². The second-order valence-corrected chi connectivity index (χ2v) is 5.64. The average molecular weight is 292 g/mol. The molecule has 1 saturated heterocycles. The van der Waals surface area contributed by atoms with Gasteiger partial charge in [-0.1, -0.05) is 12.1 Å². The first kappa shape index (κ1) is 15.4. The molecule has 0 amide bonds. The SMILES string of the molecule is Cc1c(CN2CCC(CC(=O)O)CC2)cccc1[N+](=O)[O-]. The van der Waals surface area contributed by atoms with Crippen molar-refractivity contribution in [3.05, 3.63) is 39.4 Å². The third-order valence-corrected chi connectivity index (χ3v) is 4.18. The van der Waals surface area contributed by atoms with Gasteiger partial charge in [-0.3, -0.25) is 19.8 Å². The summed E-state index contributed by atoms with van der Waals surface area (Å²) in [7, 11) is 0. The van der Waals surface area contributed by atoms with Gasteiger partial charge in [0.1, 0.15) is 0 Å². The fourth-order valence-corrected chi connectivity index (χ4v) is 2.88. The molecule has 0 spiro atoms. The van der Waals surface area contributed by atoms with Gasteiger partial charge in [0, 0.05) is 24.6 Å². The number of nitro groups is 1. The predicted octanol–water partition coefficient (Wildman–Crippen LogP) is 2.59. The first-order valence-electron chi connectivity index (χ1n) is 7.14. The molecule has 0 bridgehead atoms. The van der Waals surface area contributed by atoms with Gasteiger partial charge in [-0.2, -0.15) is 0 Å². The van der Waals surface area contributed by atoms with Crippen LogP contribution in [0.3, 0.4) is 0 Å². The molecular formula is C15H20N2O4. The monoisotopic (exact) mass is 292 g/mol. The second-order valence-electron chi connectivity index (χ2n) is 5.64.